The van der Waals surface area contributed by atoms with Crippen LogP contribution in [0.4, 0.5) is 5.69 Å². The largest absolute Gasteiger partial charge is 0.376 e. The molecule has 1 aromatic heterocycles. The van der Waals surface area contributed by atoms with Gasteiger partial charge >= 0.3 is 0 Å². The van der Waals surface area contributed by atoms with Crippen LogP contribution in [-0.4, -0.2) is 24.0 Å². The van der Waals surface area contributed by atoms with Gasteiger partial charge in [0.05, 0.1) is 12.1 Å². The number of nitrogens with zero attached hydrogens (tertiary/aromatic N) is 1. The average molecular weight is 278 g/mol. The topological polar surface area (TPSA) is 54.0 Å². The zero-order valence-corrected chi connectivity index (χ0v) is 11.5. The number of nitrogens with one attached hydrogen (secondary N) is 2. The fourth-order valence-electron chi connectivity index (χ4n) is 1.78. The Labute approximate surface area is 117 Å². The van der Waals surface area contributed by atoms with Crippen LogP contribution in [0.3, 0.4) is 0 Å². The van der Waals surface area contributed by atoms with Gasteiger partial charge in [0.15, 0.2) is 0 Å². The molecule has 0 saturated heterocycles. The maximum atomic E-state index is 11.6. The zero-order chi connectivity index (χ0) is 13.7. The highest BCUT2D eigenvalue weighted by atomic mass is 35.5. The average Bonchev–Trinajstić information content (AvgIpc) is 2.42. The second kappa shape index (κ2) is 6.38. The predicted molar refractivity (Wildman–Crippen MR) is 78.5 cm³/mol. The molecule has 1 amide bonds. The van der Waals surface area contributed by atoms with Gasteiger partial charge in [0, 0.05) is 28.8 Å². The van der Waals surface area contributed by atoms with Crippen LogP contribution in [0.5, 0.6) is 0 Å². The fraction of sp³-hybridized carbons (Fsp3) is 0.286. The van der Waals surface area contributed by atoms with E-state index in [1.807, 2.05) is 25.1 Å². The van der Waals surface area contributed by atoms with E-state index in [4.69, 9.17) is 11.6 Å². The number of halogens is 1. The van der Waals surface area contributed by atoms with Gasteiger partial charge in [0.25, 0.3) is 0 Å². The van der Waals surface area contributed by atoms with Crippen LogP contribution in [-0.2, 0) is 4.79 Å². The third-order valence-corrected chi connectivity index (χ3v) is 2.95. The van der Waals surface area contributed by atoms with Crippen LogP contribution in [0.15, 0.2) is 30.5 Å². The van der Waals surface area contributed by atoms with Crippen LogP contribution < -0.4 is 10.6 Å². The Morgan fingerprint density at radius 3 is 3.00 bits per heavy atom. The molecule has 100 valence electrons. The summed E-state index contributed by atoms with van der Waals surface area (Å²) in [4.78, 5) is 15.8. The molecule has 1 heterocycles. The summed E-state index contributed by atoms with van der Waals surface area (Å²) in [6.45, 7) is 2.96. The molecule has 1 aromatic carbocycles. The van der Waals surface area contributed by atoms with Crippen LogP contribution in [0.1, 0.15) is 13.3 Å². The van der Waals surface area contributed by atoms with Crippen molar-refractivity contribution < 1.29 is 4.79 Å². The number of carbonyl (C=O) groups excluding carboxylic acids is 1. The molecule has 0 saturated carbocycles. The minimum Gasteiger partial charge on any atom is -0.376 e. The highest BCUT2D eigenvalue weighted by molar-refractivity contribution is 6.31. The van der Waals surface area contributed by atoms with E-state index in [1.165, 1.54) is 0 Å². The predicted octanol–water partition coefficient (Wildman–Crippen LogP) is 2.83. The Kier molecular flexibility index (Phi) is 4.58. The first-order valence-corrected chi connectivity index (χ1v) is 6.63. The standard InChI is InChI=1S/C14H16ClN3O/c1-2-6-17-14(19)9-18-13-5-7-16-12-4-3-10(15)8-11(12)13/h3-5,7-8H,2,6,9H2,1H3,(H,16,18)(H,17,19). The monoisotopic (exact) mass is 277 g/mol. The van der Waals surface area contributed by atoms with Crippen molar-refractivity contribution in [1.29, 1.82) is 0 Å². The lowest BCUT2D eigenvalue weighted by molar-refractivity contribution is -0.119. The van der Waals surface area contributed by atoms with Gasteiger partial charge in [0.2, 0.25) is 5.91 Å². The van der Waals surface area contributed by atoms with Crippen molar-refractivity contribution in [2.45, 2.75) is 13.3 Å². The molecule has 2 N–H and O–H groups in total. The van der Waals surface area contributed by atoms with Crippen LogP contribution >= 0.6 is 11.6 Å². The second-order valence-corrected chi connectivity index (χ2v) is 4.66. The molecule has 0 atom stereocenters. The van der Waals surface area contributed by atoms with E-state index in [-0.39, 0.29) is 12.5 Å². The lowest BCUT2D eigenvalue weighted by Gasteiger charge is -2.09. The smallest absolute Gasteiger partial charge is 0.239 e. The van der Waals surface area contributed by atoms with E-state index in [0.717, 1.165) is 23.0 Å². The van der Waals surface area contributed by atoms with E-state index < -0.39 is 0 Å². The Bertz CT molecular complexity index is 586. The van der Waals surface area contributed by atoms with Gasteiger partial charge in [0.1, 0.15) is 0 Å². The molecular weight excluding hydrogens is 262 g/mol. The Balaban J connectivity index is 2.12. The molecule has 0 aliphatic carbocycles. The summed E-state index contributed by atoms with van der Waals surface area (Å²) in [7, 11) is 0. The SMILES string of the molecule is CCCNC(=O)CNc1ccnc2ccc(Cl)cc12. The van der Waals surface area contributed by atoms with Gasteiger partial charge in [-0.2, -0.15) is 0 Å². The van der Waals surface area contributed by atoms with E-state index >= 15 is 0 Å². The highest BCUT2D eigenvalue weighted by Crippen LogP contribution is 2.24. The number of benzene rings is 1. The maximum absolute atomic E-state index is 11.6. The number of fused-ring (bicyclic) bond motifs is 1. The molecule has 2 rings (SSSR count). The van der Waals surface area contributed by atoms with Crippen molar-refractivity contribution in [3.8, 4) is 0 Å². The summed E-state index contributed by atoms with van der Waals surface area (Å²) < 4.78 is 0. The number of hydrogen-bond donors (Lipinski definition) is 2. The lowest BCUT2D eigenvalue weighted by atomic mass is 10.2. The van der Waals surface area contributed by atoms with Gasteiger partial charge in [-0.3, -0.25) is 9.78 Å². The second-order valence-electron chi connectivity index (χ2n) is 4.22. The Hall–Kier alpha value is -1.81. The van der Waals surface area contributed by atoms with Gasteiger partial charge < -0.3 is 10.6 Å². The summed E-state index contributed by atoms with van der Waals surface area (Å²) in [5, 5.41) is 7.50. The first-order chi connectivity index (χ1) is 9.20. The van der Waals surface area contributed by atoms with Crippen molar-refractivity contribution in [3.05, 3.63) is 35.5 Å². The molecule has 5 heteroatoms. The quantitative estimate of drug-likeness (QED) is 0.884. The van der Waals surface area contributed by atoms with Crippen molar-refractivity contribution in [2.24, 2.45) is 0 Å². The summed E-state index contributed by atoms with van der Waals surface area (Å²) in [6, 6.07) is 7.34. The number of rotatable bonds is 5. The summed E-state index contributed by atoms with van der Waals surface area (Å²) >= 11 is 5.99. The molecule has 0 spiro atoms. The molecule has 0 radical (unpaired) electrons. The number of anilines is 1. The molecule has 0 aliphatic heterocycles. The molecule has 0 fully saturated rings. The number of amides is 1. The third kappa shape index (κ3) is 3.58. The molecular formula is C14H16ClN3O. The molecule has 0 unspecified atom stereocenters. The highest BCUT2D eigenvalue weighted by Gasteiger charge is 2.04. The van der Waals surface area contributed by atoms with Crippen molar-refractivity contribution in [2.75, 3.05) is 18.4 Å². The van der Waals surface area contributed by atoms with Crippen molar-refractivity contribution >= 4 is 34.1 Å². The molecule has 2 aromatic rings. The van der Waals surface area contributed by atoms with Crippen LogP contribution in [0.2, 0.25) is 5.02 Å². The first-order valence-electron chi connectivity index (χ1n) is 6.25. The third-order valence-electron chi connectivity index (χ3n) is 2.72. The number of hydrogen-bond acceptors (Lipinski definition) is 3. The fourth-order valence-corrected chi connectivity index (χ4v) is 1.95. The van der Waals surface area contributed by atoms with E-state index in [2.05, 4.69) is 15.6 Å². The normalized spacial score (nSPS) is 10.4. The lowest BCUT2D eigenvalue weighted by Crippen LogP contribution is -2.30. The number of carbonyl (C=O) groups is 1. The van der Waals surface area contributed by atoms with Crippen molar-refractivity contribution in [3.63, 3.8) is 0 Å². The Morgan fingerprint density at radius 1 is 1.37 bits per heavy atom. The minimum absolute atomic E-state index is 0.0196. The van der Waals surface area contributed by atoms with Crippen molar-refractivity contribution in [1.82, 2.24) is 10.3 Å². The van der Waals surface area contributed by atoms with Gasteiger partial charge in [-0.25, -0.2) is 0 Å². The van der Waals surface area contributed by atoms with Crippen LogP contribution in [0.25, 0.3) is 10.9 Å². The molecule has 0 bridgehead atoms. The number of pyridine rings is 1. The molecule has 4 nitrogen and oxygen atoms in total. The zero-order valence-electron chi connectivity index (χ0n) is 10.7. The van der Waals surface area contributed by atoms with Gasteiger partial charge in [-0.05, 0) is 30.7 Å². The van der Waals surface area contributed by atoms with Crippen LogP contribution in [0, 0.1) is 0 Å². The summed E-state index contributed by atoms with van der Waals surface area (Å²) in [6.07, 6.45) is 2.64. The summed E-state index contributed by atoms with van der Waals surface area (Å²) in [5.41, 5.74) is 1.71. The van der Waals surface area contributed by atoms with Gasteiger partial charge in [-0.1, -0.05) is 18.5 Å². The molecule has 0 aliphatic rings. The first kappa shape index (κ1) is 13.6. The molecule has 19 heavy (non-hydrogen) atoms. The van der Waals surface area contributed by atoms with Gasteiger partial charge in [-0.15, -0.1) is 0 Å². The maximum Gasteiger partial charge on any atom is 0.239 e. The summed E-state index contributed by atoms with van der Waals surface area (Å²) in [5.74, 6) is -0.0196. The Morgan fingerprint density at radius 2 is 2.21 bits per heavy atom. The van der Waals surface area contributed by atoms with E-state index in [1.54, 1.807) is 12.3 Å². The minimum atomic E-state index is -0.0196. The number of aromatic nitrogens is 1. The van der Waals surface area contributed by atoms with E-state index in [9.17, 15) is 4.79 Å². The van der Waals surface area contributed by atoms with E-state index in [0.29, 0.717) is 11.6 Å².